The van der Waals surface area contributed by atoms with E-state index < -0.39 is 65.0 Å². The Morgan fingerprint density at radius 1 is 0.851 bits per heavy atom. The molecule has 2 aliphatic rings. The van der Waals surface area contributed by atoms with Crippen LogP contribution in [0.4, 0.5) is 46.0 Å². The summed E-state index contributed by atoms with van der Waals surface area (Å²) < 4.78 is 94.8. The molecule has 0 radical (unpaired) electrons. The van der Waals surface area contributed by atoms with Crippen LogP contribution in [0.1, 0.15) is 62.1 Å². The van der Waals surface area contributed by atoms with Crippen molar-refractivity contribution < 1.29 is 50.2 Å². The summed E-state index contributed by atoms with van der Waals surface area (Å²) in [6.07, 6.45) is -9.39. The highest BCUT2D eigenvalue weighted by molar-refractivity contribution is 5.92. The summed E-state index contributed by atoms with van der Waals surface area (Å²) in [4.78, 5) is 44.0. The van der Waals surface area contributed by atoms with Gasteiger partial charge in [0.15, 0.2) is 0 Å². The molecule has 0 bridgehead atoms. The van der Waals surface area contributed by atoms with Crippen LogP contribution in [-0.4, -0.2) is 83.1 Å². The van der Waals surface area contributed by atoms with E-state index in [0.29, 0.717) is 48.3 Å². The van der Waals surface area contributed by atoms with Crippen molar-refractivity contribution in [2.45, 2.75) is 75.9 Å². The van der Waals surface area contributed by atoms with Crippen LogP contribution in [0, 0.1) is 11.7 Å². The Labute approximate surface area is 267 Å². The maximum absolute atomic E-state index is 13.8. The van der Waals surface area contributed by atoms with Gasteiger partial charge in [-0.3, -0.25) is 9.69 Å². The Bertz CT molecular complexity index is 1420. The first-order valence-corrected chi connectivity index (χ1v) is 15.1. The van der Waals surface area contributed by atoms with Crippen LogP contribution in [0.3, 0.4) is 0 Å². The molecule has 0 unspecified atom stereocenters. The zero-order chi connectivity index (χ0) is 35.0. The number of carbonyl (C=O) groups is 3. The van der Waals surface area contributed by atoms with Crippen molar-refractivity contribution in [3.05, 3.63) is 65.0 Å². The first kappa shape index (κ1) is 35.8. The zero-order valence-corrected chi connectivity index (χ0v) is 26.3. The molecule has 15 heteroatoms. The predicted octanol–water partition coefficient (Wildman–Crippen LogP) is 7.29. The summed E-state index contributed by atoms with van der Waals surface area (Å²) in [5, 5.41) is 9.63. The zero-order valence-electron chi connectivity index (χ0n) is 26.3. The molecule has 1 aliphatic carbocycles. The van der Waals surface area contributed by atoms with Crippen LogP contribution >= 0.6 is 0 Å². The molecule has 1 heterocycles. The van der Waals surface area contributed by atoms with Crippen molar-refractivity contribution >= 4 is 23.7 Å². The molecule has 2 aromatic carbocycles. The highest BCUT2D eigenvalue weighted by Crippen LogP contribution is 2.40. The van der Waals surface area contributed by atoms with Crippen LogP contribution in [0.5, 0.6) is 0 Å². The van der Waals surface area contributed by atoms with Gasteiger partial charge >= 0.3 is 24.5 Å². The number of carboxylic acid groups (broad SMARTS) is 1. The summed E-state index contributed by atoms with van der Waals surface area (Å²) in [6.45, 7) is 3.71. The average molecular weight is 675 g/mol. The largest absolute Gasteiger partial charge is 0.465 e. The van der Waals surface area contributed by atoms with E-state index in [1.165, 1.54) is 41.1 Å². The third-order valence-corrected chi connectivity index (χ3v) is 9.16. The minimum absolute atomic E-state index is 0.0144. The van der Waals surface area contributed by atoms with Crippen LogP contribution in [0.25, 0.3) is 0 Å². The first-order valence-electron chi connectivity index (χ1n) is 15.1. The number of hydrogen-bond donors (Lipinski definition) is 1. The van der Waals surface area contributed by atoms with Gasteiger partial charge in [0.2, 0.25) is 5.91 Å². The SMILES string of the molecule is CC(C)N(C(=O)O)[C@H]1CC[C@H](C(=O)N2C[C@@H](N(C)C(=O)N(C)c3cc(C(F)(F)F)cc(C(F)(F)F)c3)[C@H](c3ccc(F)cc3)C2)CC1. The molecule has 0 aromatic heterocycles. The van der Waals surface area contributed by atoms with E-state index in [-0.39, 0.29) is 37.1 Å². The molecule has 8 nitrogen and oxygen atoms in total. The maximum atomic E-state index is 13.8. The van der Waals surface area contributed by atoms with Crippen molar-refractivity contribution in [2.24, 2.45) is 5.92 Å². The standard InChI is InChI=1S/C32H37F7N4O4/c1-18(2)43(30(46)47)24-11-7-20(8-12-24)28(44)42-16-26(19-5-9-23(33)10-6-19)27(17-42)41(4)29(45)40(3)25-14-21(31(34,35)36)13-22(15-25)32(37,38)39/h5-6,9-10,13-15,18,20,24,26-27H,7-8,11-12,16-17H2,1-4H3,(H,46,47)/t20-,24-,26-,27+/m0/s1. The van der Waals surface area contributed by atoms with Gasteiger partial charge in [-0.2, -0.15) is 26.3 Å². The van der Waals surface area contributed by atoms with Gasteiger partial charge in [-0.25, -0.2) is 14.0 Å². The number of nitrogens with zero attached hydrogens (tertiary/aromatic N) is 4. The third-order valence-electron chi connectivity index (χ3n) is 9.16. The average Bonchev–Trinajstić information content (AvgIpc) is 3.44. The summed E-state index contributed by atoms with van der Waals surface area (Å²) >= 11 is 0. The number of rotatable bonds is 6. The van der Waals surface area contributed by atoms with E-state index in [9.17, 15) is 50.2 Å². The molecular formula is C32H37F7N4O4. The number of alkyl halides is 6. The molecule has 2 aromatic rings. The van der Waals surface area contributed by atoms with Gasteiger partial charge in [0, 0.05) is 56.8 Å². The van der Waals surface area contributed by atoms with Crippen molar-refractivity contribution in [1.29, 1.82) is 0 Å². The number of carbonyl (C=O) groups excluding carboxylic acids is 2. The van der Waals surface area contributed by atoms with E-state index in [1.807, 2.05) is 0 Å². The number of urea groups is 1. The number of amides is 4. The van der Waals surface area contributed by atoms with E-state index in [4.69, 9.17) is 0 Å². The Kier molecular flexibility index (Phi) is 10.4. The monoisotopic (exact) mass is 674 g/mol. The fourth-order valence-corrected chi connectivity index (χ4v) is 6.68. The molecule has 2 fully saturated rings. The summed E-state index contributed by atoms with van der Waals surface area (Å²) in [5.41, 5.74) is -3.17. The van der Waals surface area contributed by atoms with Crippen LogP contribution < -0.4 is 4.90 Å². The van der Waals surface area contributed by atoms with Crippen LogP contribution in [0.15, 0.2) is 42.5 Å². The molecule has 1 aliphatic heterocycles. The van der Waals surface area contributed by atoms with Crippen molar-refractivity contribution in [1.82, 2.24) is 14.7 Å². The molecule has 258 valence electrons. The molecule has 4 rings (SSSR count). The predicted molar refractivity (Wildman–Crippen MR) is 158 cm³/mol. The lowest BCUT2D eigenvalue weighted by atomic mass is 9.84. The number of hydrogen-bond acceptors (Lipinski definition) is 3. The van der Waals surface area contributed by atoms with Crippen LogP contribution in [-0.2, 0) is 17.1 Å². The summed E-state index contributed by atoms with van der Waals surface area (Å²) in [7, 11) is 2.42. The molecule has 0 spiro atoms. The summed E-state index contributed by atoms with van der Waals surface area (Å²) in [6, 6.07) is 4.21. The van der Waals surface area contributed by atoms with E-state index in [1.54, 1.807) is 18.7 Å². The molecule has 1 saturated heterocycles. The highest BCUT2D eigenvalue weighted by atomic mass is 19.4. The van der Waals surface area contributed by atoms with Gasteiger partial charge in [-0.1, -0.05) is 12.1 Å². The normalized spacial score (nSPS) is 21.9. The third kappa shape index (κ3) is 7.92. The minimum atomic E-state index is -5.11. The lowest BCUT2D eigenvalue weighted by molar-refractivity contribution is -0.143. The van der Waals surface area contributed by atoms with Gasteiger partial charge < -0.3 is 19.8 Å². The lowest BCUT2D eigenvalue weighted by Crippen LogP contribution is -2.48. The number of anilines is 1. The van der Waals surface area contributed by atoms with E-state index in [0.717, 1.165) is 7.05 Å². The molecule has 1 saturated carbocycles. The molecule has 4 amide bonds. The van der Waals surface area contributed by atoms with Gasteiger partial charge in [-0.05, 0) is 75.4 Å². The highest BCUT2D eigenvalue weighted by Gasteiger charge is 2.44. The van der Waals surface area contributed by atoms with Crippen molar-refractivity contribution in [2.75, 3.05) is 32.1 Å². The second kappa shape index (κ2) is 13.6. The van der Waals surface area contributed by atoms with E-state index in [2.05, 4.69) is 0 Å². The fourth-order valence-electron chi connectivity index (χ4n) is 6.68. The van der Waals surface area contributed by atoms with Crippen molar-refractivity contribution in [3.63, 3.8) is 0 Å². The van der Waals surface area contributed by atoms with E-state index >= 15 is 0 Å². The van der Waals surface area contributed by atoms with Crippen molar-refractivity contribution in [3.8, 4) is 0 Å². The van der Waals surface area contributed by atoms with Gasteiger partial charge in [0.1, 0.15) is 5.82 Å². The lowest BCUT2D eigenvalue weighted by Gasteiger charge is -2.38. The van der Waals surface area contributed by atoms with Crippen LogP contribution in [0.2, 0.25) is 0 Å². The Hall–Kier alpha value is -4.04. The second-order valence-corrected chi connectivity index (χ2v) is 12.5. The fraction of sp³-hybridized carbons (Fsp3) is 0.531. The quantitative estimate of drug-likeness (QED) is 0.326. The molecule has 47 heavy (non-hydrogen) atoms. The van der Waals surface area contributed by atoms with Gasteiger partial charge in [-0.15, -0.1) is 0 Å². The molecule has 1 N–H and O–H groups in total. The number of benzene rings is 2. The molecule has 2 atom stereocenters. The number of likely N-dealkylation sites (tertiary alicyclic amines) is 1. The second-order valence-electron chi connectivity index (χ2n) is 12.5. The minimum Gasteiger partial charge on any atom is -0.465 e. The Morgan fingerprint density at radius 3 is 1.85 bits per heavy atom. The first-order chi connectivity index (χ1) is 21.8. The smallest absolute Gasteiger partial charge is 0.416 e. The number of likely N-dealkylation sites (N-methyl/N-ethyl adjacent to an activating group) is 1. The Balaban J connectivity index is 1.57. The topological polar surface area (TPSA) is 84.4 Å². The summed E-state index contributed by atoms with van der Waals surface area (Å²) in [5.74, 6) is -1.67. The number of halogens is 7. The van der Waals surface area contributed by atoms with Gasteiger partial charge in [0.25, 0.3) is 0 Å². The maximum Gasteiger partial charge on any atom is 0.416 e. The van der Waals surface area contributed by atoms with Gasteiger partial charge in [0.05, 0.1) is 17.2 Å². The Morgan fingerprint density at radius 2 is 1.38 bits per heavy atom. The molecular weight excluding hydrogens is 637 g/mol.